The van der Waals surface area contributed by atoms with Crippen molar-refractivity contribution in [3.8, 4) is 0 Å². The third kappa shape index (κ3) is 2.92. The molecule has 0 spiro atoms. The number of aromatic nitrogens is 3. The van der Waals surface area contributed by atoms with Crippen LogP contribution in [0.25, 0.3) is 5.65 Å². The molecular formula is C14H17ClN4O3. The van der Waals surface area contributed by atoms with Gasteiger partial charge in [0.2, 0.25) is 0 Å². The van der Waals surface area contributed by atoms with Gasteiger partial charge in [-0.25, -0.2) is 14.3 Å². The third-order valence-corrected chi connectivity index (χ3v) is 3.63. The average Bonchev–Trinajstić information content (AvgIpc) is 2.74. The van der Waals surface area contributed by atoms with Gasteiger partial charge in [0, 0.05) is 13.2 Å². The van der Waals surface area contributed by atoms with E-state index in [0.29, 0.717) is 36.1 Å². The number of rotatable bonds is 3. The van der Waals surface area contributed by atoms with E-state index in [1.54, 1.807) is 17.5 Å². The molecule has 7 nitrogen and oxygen atoms in total. The van der Waals surface area contributed by atoms with Crippen molar-refractivity contribution in [3.05, 3.63) is 28.7 Å². The Morgan fingerprint density at radius 2 is 2.50 bits per heavy atom. The molecule has 0 aromatic carbocycles. The smallest absolute Gasteiger partial charge is 0.343 e. The van der Waals surface area contributed by atoms with Crippen LogP contribution >= 0.6 is 11.6 Å². The lowest BCUT2D eigenvalue weighted by molar-refractivity contribution is 0.0527. The molecule has 0 saturated carbocycles. The lowest BCUT2D eigenvalue weighted by atomic mass is 10.2. The lowest BCUT2D eigenvalue weighted by Gasteiger charge is -2.16. The van der Waals surface area contributed by atoms with Crippen molar-refractivity contribution in [2.45, 2.75) is 19.4 Å². The molecule has 1 aliphatic heterocycles. The summed E-state index contributed by atoms with van der Waals surface area (Å²) in [5.74, 6) is -0.460. The Morgan fingerprint density at radius 3 is 3.32 bits per heavy atom. The maximum Gasteiger partial charge on any atom is 0.343 e. The van der Waals surface area contributed by atoms with E-state index in [1.165, 1.54) is 6.20 Å². The minimum absolute atomic E-state index is 0.194. The van der Waals surface area contributed by atoms with Gasteiger partial charge in [-0.15, -0.1) is 0 Å². The van der Waals surface area contributed by atoms with E-state index < -0.39 is 5.97 Å². The van der Waals surface area contributed by atoms with Crippen molar-refractivity contribution >= 4 is 23.2 Å². The second kappa shape index (κ2) is 6.60. The fourth-order valence-corrected chi connectivity index (χ4v) is 2.63. The number of halogens is 1. The Morgan fingerprint density at radius 1 is 1.64 bits per heavy atom. The topological polar surface area (TPSA) is 77.8 Å². The van der Waals surface area contributed by atoms with Gasteiger partial charge in [-0.1, -0.05) is 11.6 Å². The van der Waals surface area contributed by atoms with E-state index in [2.05, 4.69) is 15.4 Å². The number of carbonyl (C=O) groups is 1. The van der Waals surface area contributed by atoms with E-state index >= 15 is 0 Å². The van der Waals surface area contributed by atoms with E-state index in [9.17, 15) is 4.79 Å². The van der Waals surface area contributed by atoms with Gasteiger partial charge in [-0.2, -0.15) is 5.10 Å². The van der Waals surface area contributed by atoms with Crippen molar-refractivity contribution in [2.75, 3.05) is 26.3 Å². The summed E-state index contributed by atoms with van der Waals surface area (Å²) < 4.78 is 12.5. The highest BCUT2D eigenvalue weighted by atomic mass is 35.5. The molecule has 1 atom stereocenters. The van der Waals surface area contributed by atoms with Crippen LogP contribution in [-0.4, -0.2) is 46.9 Å². The van der Waals surface area contributed by atoms with Gasteiger partial charge in [0.15, 0.2) is 5.65 Å². The van der Waals surface area contributed by atoms with E-state index in [4.69, 9.17) is 21.1 Å². The van der Waals surface area contributed by atoms with Gasteiger partial charge >= 0.3 is 5.97 Å². The second-order valence-electron chi connectivity index (χ2n) is 4.93. The Bertz CT molecular complexity index is 680. The summed E-state index contributed by atoms with van der Waals surface area (Å²) in [5, 5.41) is 7.86. The van der Waals surface area contributed by atoms with Gasteiger partial charge < -0.3 is 14.8 Å². The first-order valence-corrected chi connectivity index (χ1v) is 7.62. The van der Waals surface area contributed by atoms with Gasteiger partial charge in [0.05, 0.1) is 18.5 Å². The van der Waals surface area contributed by atoms with Gasteiger partial charge in [-0.05, 0) is 26.0 Å². The summed E-state index contributed by atoms with van der Waals surface area (Å²) in [6, 6.07) is 1.72. The molecule has 0 amide bonds. The molecule has 3 heterocycles. The normalized spacial score (nSPS) is 19.1. The van der Waals surface area contributed by atoms with E-state index in [0.717, 1.165) is 18.7 Å². The predicted molar refractivity (Wildman–Crippen MR) is 80.1 cm³/mol. The van der Waals surface area contributed by atoms with Crippen LogP contribution in [-0.2, 0) is 9.47 Å². The van der Waals surface area contributed by atoms with Gasteiger partial charge in [-0.3, -0.25) is 0 Å². The minimum atomic E-state index is -0.460. The van der Waals surface area contributed by atoms with Crippen LogP contribution in [0.5, 0.6) is 0 Å². The largest absolute Gasteiger partial charge is 0.462 e. The molecule has 3 rings (SSSR count). The zero-order chi connectivity index (χ0) is 15.5. The molecule has 1 saturated heterocycles. The molecule has 2 aromatic rings. The second-order valence-corrected chi connectivity index (χ2v) is 5.32. The van der Waals surface area contributed by atoms with Crippen molar-refractivity contribution in [1.29, 1.82) is 0 Å². The fraction of sp³-hybridized carbons (Fsp3) is 0.500. The molecule has 22 heavy (non-hydrogen) atoms. The first-order chi connectivity index (χ1) is 10.7. The summed E-state index contributed by atoms with van der Waals surface area (Å²) in [5.41, 5.74) is 1.45. The number of esters is 1. The first-order valence-electron chi connectivity index (χ1n) is 7.24. The molecule has 1 fully saturated rings. The summed E-state index contributed by atoms with van der Waals surface area (Å²) >= 11 is 6.11. The summed E-state index contributed by atoms with van der Waals surface area (Å²) in [6.45, 7) is 4.26. The van der Waals surface area contributed by atoms with Crippen LogP contribution in [0.1, 0.15) is 35.5 Å². The number of fused-ring (bicyclic) bond motifs is 1. The molecule has 1 aliphatic rings. The number of carbonyl (C=O) groups excluding carboxylic acids is 1. The maximum atomic E-state index is 12.0. The first kappa shape index (κ1) is 15.2. The van der Waals surface area contributed by atoms with Crippen molar-refractivity contribution in [2.24, 2.45) is 0 Å². The molecule has 0 aliphatic carbocycles. The number of ether oxygens (including phenoxy) is 2. The van der Waals surface area contributed by atoms with Crippen LogP contribution in [0.4, 0.5) is 0 Å². The van der Waals surface area contributed by atoms with Crippen molar-refractivity contribution in [1.82, 2.24) is 19.9 Å². The Balaban J connectivity index is 2.05. The standard InChI is InChI=1S/C14H17ClN4O3/c1-2-21-14(20)9-7-17-19-10(6-12(15)18-13(9)19)11-8-16-4-3-5-22-11/h6-7,11,16H,2-5,8H2,1H3. The minimum Gasteiger partial charge on any atom is -0.462 e. The molecule has 118 valence electrons. The molecule has 0 bridgehead atoms. The molecule has 2 aromatic heterocycles. The summed E-state index contributed by atoms with van der Waals surface area (Å²) in [7, 11) is 0. The van der Waals surface area contributed by atoms with Crippen LogP contribution in [0.3, 0.4) is 0 Å². The number of hydrogen-bond acceptors (Lipinski definition) is 6. The third-order valence-electron chi connectivity index (χ3n) is 3.44. The quantitative estimate of drug-likeness (QED) is 0.682. The molecule has 8 heteroatoms. The average molecular weight is 325 g/mol. The molecule has 0 radical (unpaired) electrons. The maximum absolute atomic E-state index is 12.0. The number of hydrogen-bond donors (Lipinski definition) is 1. The van der Waals surface area contributed by atoms with Crippen molar-refractivity contribution in [3.63, 3.8) is 0 Å². The highest BCUT2D eigenvalue weighted by Crippen LogP contribution is 2.24. The lowest BCUT2D eigenvalue weighted by Crippen LogP contribution is -2.22. The van der Waals surface area contributed by atoms with Crippen LogP contribution in [0.15, 0.2) is 12.3 Å². The van der Waals surface area contributed by atoms with Crippen molar-refractivity contribution < 1.29 is 14.3 Å². The van der Waals surface area contributed by atoms with Gasteiger partial charge in [0.1, 0.15) is 16.8 Å². The van der Waals surface area contributed by atoms with Crippen LogP contribution in [0.2, 0.25) is 5.15 Å². The van der Waals surface area contributed by atoms with Gasteiger partial charge in [0.25, 0.3) is 0 Å². The Labute approximate surface area is 132 Å². The molecule has 1 unspecified atom stereocenters. The number of nitrogens with one attached hydrogen (secondary N) is 1. The molecule has 1 N–H and O–H groups in total. The SMILES string of the molecule is CCOC(=O)c1cnn2c(C3CNCCCO3)cc(Cl)nc12. The van der Waals surface area contributed by atoms with Crippen LogP contribution < -0.4 is 5.32 Å². The zero-order valence-corrected chi connectivity index (χ0v) is 13.0. The highest BCUT2D eigenvalue weighted by molar-refractivity contribution is 6.29. The van der Waals surface area contributed by atoms with E-state index in [1.807, 2.05) is 0 Å². The monoisotopic (exact) mass is 324 g/mol. The number of nitrogens with zero attached hydrogens (tertiary/aromatic N) is 3. The summed E-state index contributed by atoms with van der Waals surface area (Å²) in [4.78, 5) is 16.2. The van der Waals surface area contributed by atoms with Crippen LogP contribution in [0, 0.1) is 0 Å². The zero-order valence-electron chi connectivity index (χ0n) is 12.2. The fourth-order valence-electron chi connectivity index (χ4n) is 2.44. The molecular weight excluding hydrogens is 308 g/mol. The Kier molecular flexibility index (Phi) is 4.56. The van der Waals surface area contributed by atoms with E-state index in [-0.39, 0.29) is 6.10 Å². The predicted octanol–water partition coefficient (Wildman–Crippen LogP) is 1.61. The highest BCUT2D eigenvalue weighted by Gasteiger charge is 2.23. The summed E-state index contributed by atoms with van der Waals surface area (Å²) in [6.07, 6.45) is 2.20. The Hall–Kier alpha value is -1.70.